The third kappa shape index (κ3) is 2.83. The van der Waals surface area contributed by atoms with Gasteiger partial charge in [0.1, 0.15) is 11.4 Å². The molecule has 0 saturated carbocycles. The lowest BCUT2D eigenvalue weighted by Crippen LogP contribution is -2.21. The van der Waals surface area contributed by atoms with Crippen molar-refractivity contribution in [3.8, 4) is 0 Å². The Hall–Kier alpha value is -1.82. The molecular weight excluding hydrogens is 210 g/mol. The number of ether oxygens (including phenoxy) is 1. The van der Waals surface area contributed by atoms with Crippen LogP contribution in [0.25, 0.3) is 0 Å². The van der Waals surface area contributed by atoms with Crippen molar-refractivity contribution in [2.75, 3.05) is 24.8 Å². The molecule has 6 heteroatoms. The van der Waals surface area contributed by atoms with Gasteiger partial charge >= 0.3 is 5.69 Å². The molecule has 0 heterocycles. The normalized spacial score (nSPS) is 12.1. The highest BCUT2D eigenvalue weighted by Gasteiger charge is 2.18. The maximum Gasteiger partial charge on any atom is 0.314 e. The maximum absolute atomic E-state index is 10.8. The van der Waals surface area contributed by atoms with Crippen molar-refractivity contribution in [3.63, 3.8) is 0 Å². The van der Waals surface area contributed by atoms with Crippen LogP contribution in [0.5, 0.6) is 0 Å². The minimum absolute atomic E-state index is 0.0227. The summed E-state index contributed by atoms with van der Waals surface area (Å²) in [6, 6.07) is 4.78. The van der Waals surface area contributed by atoms with Crippen LogP contribution in [-0.4, -0.2) is 24.7 Å². The molecule has 0 aliphatic heterocycles. The molecule has 1 rings (SSSR count). The third-order valence-electron chi connectivity index (χ3n) is 2.07. The summed E-state index contributed by atoms with van der Waals surface area (Å²) < 4.78 is 4.94. The maximum atomic E-state index is 10.8. The fraction of sp³-hybridized carbons (Fsp3) is 0.400. The van der Waals surface area contributed by atoms with Crippen molar-refractivity contribution in [1.29, 1.82) is 0 Å². The number of nitro groups is 1. The molecule has 0 aliphatic rings. The van der Waals surface area contributed by atoms with E-state index in [1.165, 1.54) is 6.07 Å². The molecule has 0 radical (unpaired) electrons. The quantitative estimate of drug-likeness (QED) is 0.451. The molecule has 1 atom stereocenters. The second-order valence-corrected chi connectivity index (χ2v) is 3.50. The minimum atomic E-state index is -0.489. The van der Waals surface area contributed by atoms with Gasteiger partial charge < -0.3 is 15.8 Å². The van der Waals surface area contributed by atoms with Crippen LogP contribution in [0.3, 0.4) is 0 Å². The Morgan fingerprint density at radius 3 is 2.88 bits per heavy atom. The van der Waals surface area contributed by atoms with Gasteiger partial charge in [-0.25, -0.2) is 0 Å². The molecule has 1 aromatic rings. The van der Waals surface area contributed by atoms with Gasteiger partial charge in [-0.1, -0.05) is 6.07 Å². The smallest absolute Gasteiger partial charge is 0.314 e. The summed E-state index contributed by atoms with van der Waals surface area (Å²) in [6.07, 6.45) is 0. The number of hydrogen-bond acceptors (Lipinski definition) is 5. The van der Waals surface area contributed by atoms with E-state index in [2.05, 4.69) is 5.32 Å². The zero-order chi connectivity index (χ0) is 12.1. The van der Waals surface area contributed by atoms with Gasteiger partial charge in [-0.05, 0) is 19.1 Å². The number of methoxy groups -OCH3 is 1. The van der Waals surface area contributed by atoms with Crippen LogP contribution in [0.15, 0.2) is 18.2 Å². The zero-order valence-corrected chi connectivity index (χ0v) is 9.27. The van der Waals surface area contributed by atoms with Crippen LogP contribution in [0.1, 0.15) is 6.92 Å². The largest absolute Gasteiger partial charge is 0.393 e. The first-order valence-electron chi connectivity index (χ1n) is 4.84. The Balaban J connectivity index is 2.95. The number of nitrogens with zero attached hydrogens (tertiary/aromatic N) is 1. The number of para-hydroxylation sites is 1. The summed E-state index contributed by atoms with van der Waals surface area (Å²) >= 11 is 0. The number of nitrogens with two attached hydrogens (primary N) is 1. The Morgan fingerprint density at radius 1 is 1.62 bits per heavy atom. The predicted molar refractivity (Wildman–Crippen MR) is 62.5 cm³/mol. The van der Waals surface area contributed by atoms with Crippen molar-refractivity contribution < 1.29 is 9.66 Å². The number of rotatable bonds is 5. The van der Waals surface area contributed by atoms with E-state index in [9.17, 15) is 10.1 Å². The molecule has 0 bridgehead atoms. The highest BCUT2D eigenvalue weighted by Crippen LogP contribution is 2.30. The number of anilines is 2. The van der Waals surface area contributed by atoms with Crippen molar-refractivity contribution in [1.82, 2.24) is 0 Å². The number of nitrogens with one attached hydrogen (secondary N) is 1. The van der Waals surface area contributed by atoms with Crippen LogP contribution >= 0.6 is 0 Å². The first-order valence-corrected chi connectivity index (χ1v) is 4.84. The van der Waals surface area contributed by atoms with Crippen LogP contribution < -0.4 is 11.1 Å². The standard InChI is InChI=1S/C10H15N3O3/c1-7(6-16-2)12-9-5-3-4-8(11)10(9)13(14)15/h3-5,7,12H,6,11H2,1-2H3. The lowest BCUT2D eigenvalue weighted by atomic mass is 10.2. The van der Waals surface area contributed by atoms with Gasteiger partial charge in [-0.3, -0.25) is 10.1 Å². The molecule has 0 fully saturated rings. The Morgan fingerprint density at radius 2 is 2.31 bits per heavy atom. The van der Waals surface area contributed by atoms with Gasteiger partial charge in [0.2, 0.25) is 0 Å². The molecule has 1 unspecified atom stereocenters. The molecule has 3 N–H and O–H groups in total. The van der Waals surface area contributed by atoms with Crippen molar-refractivity contribution in [2.45, 2.75) is 13.0 Å². The zero-order valence-electron chi connectivity index (χ0n) is 9.27. The van der Waals surface area contributed by atoms with E-state index in [4.69, 9.17) is 10.5 Å². The van der Waals surface area contributed by atoms with Crippen LogP contribution in [0, 0.1) is 10.1 Å². The molecule has 6 nitrogen and oxygen atoms in total. The first kappa shape index (κ1) is 12.3. The van der Waals surface area contributed by atoms with E-state index < -0.39 is 4.92 Å². The topological polar surface area (TPSA) is 90.4 Å². The average Bonchev–Trinajstić information content (AvgIpc) is 2.17. The average molecular weight is 225 g/mol. The first-order chi connectivity index (χ1) is 7.56. The van der Waals surface area contributed by atoms with Crippen molar-refractivity contribution >= 4 is 17.1 Å². The Kier molecular flexibility index (Phi) is 4.07. The molecule has 0 aromatic heterocycles. The Bertz CT molecular complexity index is 382. The Labute approximate surface area is 93.5 Å². The SMILES string of the molecule is COCC(C)Nc1cccc(N)c1[N+](=O)[O-]. The number of hydrogen-bond donors (Lipinski definition) is 2. The second kappa shape index (κ2) is 5.32. The van der Waals surface area contributed by atoms with Gasteiger partial charge in [0.25, 0.3) is 0 Å². The molecule has 0 spiro atoms. The van der Waals surface area contributed by atoms with Gasteiger partial charge in [-0.2, -0.15) is 0 Å². The van der Waals surface area contributed by atoms with Crippen molar-refractivity contribution in [3.05, 3.63) is 28.3 Å². The molecule has 0 amide bonds. The van der Waals surface area contributed by atoms with E-state index in [1.54, 1.807) is 19.2 Å². The molecule has 1 aromatic carbocycles. The van der Waals surface area contributed by atoms with Gasteiger partial charge in [-0.15, -0.1) is 0 Å². The van der Waals surface area contributed by atoms with Crippen LogP contribution in [0.4, 0.5) is 17.1 Å². The molecular formula is C10H15N3O3. The fourth-order valence-corrected chi connectivity index (χ4v) is 1.44. The number of nitro benzene ring substituents is 1. The fourth-order valence-electron chi connectivity index (χ4n) is 1.44. The summed E-state index contributed by atoms with van der Waals surface area (Å²) in [4.78, 5) is 10.3. The van der Waals surface area contributed by atoms with E-state index in [0.29, 0.717) is 12.3 Å². The molecule has 88 valence electrons. The van der Waals surface area contributed by atoms with Crippen LogP contribution in [-0.2, 0) is 4.74 Å². The van der Waals surface area contributed by atoms with Gasteiger partial charge in [0, 0.05) is 13.2 Å². The summed E-state index contributed by atoms with van der Waals surface area (Å²) in [7, 11) is 1.58. The van der Waals surface area contributed by atoms with Crippen molar-refractivity contribution in [2.24, 2.45) is 0 Å². The molecule has 0 saturated heterocycles. The number of benzene rings is 1. The summed E-state index contributed by atoms with van der Waals surface area (Å²) in [6.45, 7) is 2.34. The highest BCUT2D eigenvalue weighted by atomic mass is 16.6. The molecule has 0 aliphatic carbocycles. The third-order valence-corrected chi connectivity index (χ3v) is 2.07. The van der Waals surface area contributed by atoms with Gasteiger partial charge in [0.15, 0.2) is 0 Å². The number of nitrogen functional groups attached to an aromatic ring is 1. The van der Waals surface area contributed by atoms with Gasteiger partial charge in [0.05, 0.1) is 11.5 Å². The molecule has 16 heavy (non-hydrogen) atoms. The minimum Gasteiger partial charge on any atom is -0.393 e. The lowest BCUT2D eigenvalue weighted by molar-refractivity contribution is -0.383. The summed E-state index contributed by atoms with van der Waals surface area (Å²) in [5.41, 5.74) is 6.03. The van der Waals surface area contributed by atoms with E-state index in [-0.39, 0.29) is 17.4 Å². The lowest BCUT2D eigenvalue weighted by Gasteiger charge is -2.14. The summed E-state index contributed by atoms with van der Waals surface area (Å²) in [5.74, 6) is 0. The predicted octanol–water partition coefficient (Wildman–Crippen LogP) is 1.62. The van der Waals surface area contributed by atoms with E-state index in [1.807, 2.05) is 6.92 Å². The summed E-state index contributed by atoms with van der Waals surface area (Å²) in [5, 5.41) is 13.8. The van der Waals surface area contributed by atoms with E-state index in [0.717, 1.165) is 0 Å². The highest BCUT2D eigenvalue weighted by molar-refractivity contribution is 5.74. The van der Waals surface area contributed by atoms with Crippen LogP contribution in [0.2, 0.25) is 0 Å². The van der Waals surface area contributed by atoms with E-state index >= 15 is 0 Å². The second-order valence-electron chi connectivity index (χ2n) is 3.50. The monoisotopic (exact) mass is 225 g/mol.